The molecule has 31 heavy (non-hydrogen) atoms. The van der Waals surface area contributed by atoms with Crippen LogP contribution in [0.15, 0.2) is 36.8 Å². The first-order chi connectivity index (χ1) is 14.9. The van der Waals surface area contributed by atoms with E-state index in [0.717, 1.165) is 6.07 Å². The molecule has 0 N–H and O–H groups in total. The van der Waals surface area contributed by atoms with Gasteiger partial charge in [-0.3, -0.25) is 9.78 Å². The SMILES string of the molecule is Cc1c(C(=O)N2[C@H]3COC[C@@H]2c2nnc(-c4cnccn4)n2C3)cccc1C(F)(F)F. The van der Waals surface area contributed by atoms with Crippen LogP contribution in [-0.2, 0) is 17.5 Å². The Hall–Kier alpha value is -3.34. The molecule has 11 heteroatoms. The lowest BCUT2D eigenvalue weighted by Crippen LogP contribution is -2.56. The van der Waals surface area contributed by atoms with Gasteiger partial charge in [0.25, 0.3) is 5.91 Å². The van der Waals surface area contributed by atoms with Crippen molar-refractivity contribution >= 4 is 5.91 Å². The lowest BCUT2D eigenvalue weighted by atomic mass is 9.97. The molecule has 2 aliphatic rings. The third-order valence-electron chi connectivity index (χ3n) is 5.68. The van der Waals surface area contributed by atoms with Gasteiger partial charge in [0.2, 0.25) is 0 Å². The second-order valence-electron chi connectivity index (χ2n) is 7.48. The minimum absolute atomic E-state index is 0.0221. The zero-order valence-electron chi connectivity index (χ0n) is 16.4. The van der Waals surface area contributed by atoms with Gasteiger partial charge in [0.1, 0.15) is 11.7 Å². The van der Waals surface area contributed by atoms with Crippen molar-refractivity contribution in [3.8, 4) is 11.5 Å². The summed E-state index contributed by atoms with van der Waals surface area (Å²) in [5, 5.41) is 8.48. The van der Waals surface area contributed by atoms with Gasteiger partial charge in [-0.2, -0.15) is 13.2 Å². The van der Waals surface area contributed by atoms with Crippen molar-refractivity contribution in [2.75, 3.05) is 13.2 Å². The number of halogens is 3. The first-order valence-corrected chi connectivity index (χ1v) is 9.63. The number of amides is 1. The average Bonchev–Trinajstić information content (AvgIpc) is 3.16. The van der Waals surface area contributed by atoms with Crippen LogP contribution in [0.4, 0.5) is 13.2 Å². The number of hydrogen-bond donors (Lipinski definition) is 0. The highest BCUT2D eigenvalue weighted by Crippen LogP contribution is 2.38. The Morgan fingerprint density at radius 3 is 2.77 bits per heavy atom. The quantitative estimate of drug-likeness (QED) is 0.622. The van der Waals surface area contributed by atoms with E-state index in [9.17, 15) is 18.0 Å². The summed E-state index contributed by atoms with van der Waals surface area (Å²) in [6.45, 7) is 2.10. The number of benzene rings is 1. The molecule has 0 saturated carbocycles. The standard InChI is InChI=1S/C20H17F3N6O2/c1-11-13(3-2-4-14(11)20(21,22)23)19(30)29-12-8-28-17(15-7-24-5-6-25-15)26-27-18(28)16(29)10-31-9-12/h2-7,12,16H,8-10H2,1H3/t12-,16-/m1/s1. The number of carbonyl (C=O) groups is 1. The maximum atomic E-state index is 13.4. The van der Waals surface area contributed by atoms with Crippen LogP contribution in [-0.4, -0.2) is 54.8 Å². The summed E-state index contributed by atoms with van der Waals surface area (Å²) in [5.41, 5.74) is -0.335. The molecule has 0 unspecified atom stereocenters. The predicted molar refractivity (Wildman–Crippen MR) is 101 cm³/mol. The summed E-state index contributed by atoms with van der Waals surface area (Å²) >= 11 is 0. The third kappa shape index (κ3) is 3.16. The van der Waals surface area contributed by atoms with Gasteiger partial charge in [0, 0.05) is 24.5 Å². The molecule has 1 aromatic carbocycles. The summed E-state index contributed by atoms with van der Waals surface area (Å²) < 4.78 is 47.6. The number of nitrogens with zero attached hydrogens (tertiary/aromatic N) is 6. The van der Waals surface area contributed by atoms with E-state index in [1.807, 2.05) is 4.57 Å². The minimum Gasteiger partial charge on any atom is -0.377 e. The van der Waals surface area contributed by atoms with Gasteiger partial charge in [-0.25, -0.2) is 4.98 Å². The van der Waals surface area contributed by atoms with Crippen molar-refractivity contribution in [3.63, 3.8) is 0 Å². The van der Waals surface area contributed by atoms with Gasteiger partial charge in [0.05, 0.1) is 31.0 Å². The van der Waals surface area contributed by atoms with E-state index in [1.54, 1.807) is 23.5 Å². The van der Waals surface area contributed by atoms with Gasteiger partial charge in [-0.1, -0.05) is 6.07 Å². The Morgan fingerprint density at radius 1 is 1.19 bits per heavy atom. The number of hydrogen-bond acceptors (Lipinski definition) is 6. The van der Waals surface area contributed by atoms with Crippen molar-refractivity contribution in [2.24, 2.45) is 0 Å². The van der Waals surface area contributed by atoms with Crippen molar-refractivity contribution in [1.82, 2.24) is 29.6 Å². The third-order valence-corrected chi connectivity index (χ3v) is 5.68. The van der Waals surface area contributed by atoms with Crippen LogP contribution in [0.3, 0.4) is 0 Å². The highest BCUT2D eigenvalue weighted by molar-refractivity contribution is 5.96. The maximum absolute atomic E-state index is 13.4. The molecule has 1 amide bonds. The molecule has 2 aromatic heterocycles. The summed E-state index contributed by atoms with van der Waals surface area (Å²) in [4.78, 5) is 23.3. The Kier molecular flexibility index (Phi) is 4.50. The zero-order chi connectivity index (χ0) is 21.8. The molecule has 3 aromatic rings. The highest BCUT2D eigenvalue weighted by atomic mass is 19.4. The molecule has 2 atom stereocenters. The van der Waals surface area contributed by atoms with Crippen molar-refractivity contribution in [2.45, 2.75) is 31.7 Å². The lowest BCUT2D eigenvalue weighted by Gasteiger charge is -2.45. The first kappa shape index (κ1) is 19.6. The molecule has 0 spiro atoms. The number of morpholine rings is 1. The Balaban J connectivity index is 1.55. The van der Waals surface area contributed by atoms with Crippen molar-refractivity contribution in [1.29, 1.82) is 0 Å². The molecular formula is C20H17F3N6O2. The topological polar surface area (TPSA) is 86.0 Å². The number of aromatic nitrogens is 5. The lowest BCUT2D eigenvalue weighted by molar-refractivity contribution is -0.138. The van der Waals surface area contributed by atoms with Crippen molar-refractivity contribution in [3.05, 3.63) is 59.3 Å². The van der Waals surface area contributed by atoms with Crippen LogP contribution in [0.1, 0.15) is 33.4 Å². The number of alkyl halides is 3. The summed E-state index contributed by atoms with van der Waals surface area (Å²) in [6, 6.07) is 2.73. The van der Waals surface area contributed by atoms with E-state index in [2.05, 4.69) is 20.2 Å². The summed E-state index contributed by atoms with van der Waals surface area (Å²) in [6.07, 6.45) is 0.146. The minimum atomic E-state index is -4.53. The van der Waals surface area contributed by atoms with E-state index >= 15 is 0 Å². The number of carbonyl (C=O) groups excluding carboxylic acids is 1. The van der Waals surface area contributed by atoms with Gasteiger partial charge in [-0.05, 0) is 24.6 Å². The number of ether oxygens (including phenoxy) is 1. The van der Waals surface area contributed by atoms with Crippen LogP contribution in [0.5, 0.6) is 0 Å². The fourth-order valence-corrected chi connectivity index (χ4v) is 4.25. The molecule has 160 valence electrons. The monoisotopic (exact) mass is 430 g/mol. The van der Waals surface area contributed by atoms with E-state index in [4.69, 9.17) is 4.74 Å². The molecule has 0 radical (unpaired) electrons. The van der Waals surface area contributed by atoms with E-state index in [1.165, 1.54) is 19.1 Å². The van der Waals surface area contributed by atoms with Gasteiger partial charge >= 0.3 is 6.18 Å². The molecule has 0 aliphatic carbocycles. The average molecular weight is 430 g/mol. The Labute approximate surface area is 174 Å². The second-order valence-corrected chi connectivity index (χ2v) is 7.48. The molecular weight excluding hydrogens is 413 g/mol. The number of fused-ring (bicyclic) bond motifs is 4. The highest BCUT2D eigenvalue weighted by Gasteiger charge is 2.45. The number of rotatable bonds is 2. The second kappa shape index (κ2) is 7.12. The van der Waals surface area contributed by atoms with Crippen LogP contribution in [0.2, 0.25) is 0 Å². The van der Waals surface area contributed by atoms with E-state index in [-0.39, 0.29) is 30.4 Å². The van der Waals surface area contributed by atoms with Crippen LogP contribution in [0.25, 0.3) is 11.5 Å². The molecule has 2 bridgehead atoms. The fourth-order valence-electron chi connectivity index (χ4n) is 4.25. The Morgan fingerprint density at radius 2 is 2.03 bits per heavy atom. The molecule has 1 fully saturated rings. The molecule has 2 aliphatic heterocycles. The first-order valence-electron chi connectivity index (χ1n) is 9.63. The maximum Gasteiger partial charge on any atom is 0.416 e. The van der Waals surface area contributed by atoms with Gasteiger partial charge in [-0.15, -0.1) is 10.2 Å². The molecule has 1 saturated heterocycles. The van der Waals surface area contributed by atoms with Crippen molar-refractivity contribution < 1.29 is 22.7 Å². The van der Waals surface area contributed by atoms with Crippen LogP contribution >= 0.6 is 0 Å². The van der Waals surface area contributed by atoms with Gasteiger partial charge < -0.3 is 14.2 Å². The summed E-state index contributed by atoms with van der Waals surface area (Å²) in [5.74, 6) is 0.564. The Bertz CT molecular complexity index is 1150. The normalized spacial score (nSPS) is 20.5. The van der Waals surface area contributed by atoms with Gasteiger partial charge in [0.15, 0.2) is 11.6 Å². The largest absolute Gasteiger partial charge is 0.416 e. The van der Waals surface area contributed by atoms with E-state index in [0.29, 0.717) is 23.9 Å². The van der Waals surface area contributed by atoms with Crippen LogP contribution in [0, 0.1) is 6.92 Å². The molecule has 8 nitrogen and oxygen atoms in total. The fraction of sp³-hybridized carbons (Fsp3) is 0.350. The predicted octanol–water partition coefficient (Wildman–Crippen LogP) is 2.66. The smallest absolute Gasteiger partial charge is 0.377 e. The zero-order valence-corrected chi connectivity index (χ0v) is 16.4. The van der Waals surface area contributed by atoms with Crippen LogP contribution < -0.4 is 0 Å². The summed E-state index contributed by atoms with van der Waals surface area (Å²) in [7, 11) is 0. The molecule has 4 heterocycles. The van der Waals surface area contributed by atoms with E-state index < -0.39 is 23.7 Å². The molecule has 5 rings (SSSR count).